The number of hydrogen-bond acceptors (Lipinski definition) is 4. The van der Waals surface area contributed by atoms with E-state index in [1.165, 1.54) is 0 Å². The number of fused-ring (bicyclic) bond motifs is 1. The third kappa shape index (κ3) is 2.27. The van der Waals surface area contributed by atoms with E-state index in [-0.39, 0.29) is 6.42 Å². The SMILES string of the molecule is O=C(O)Cc1nc(=O)[nH]c2c1CCNCC2. The highest BCUT2D eigenvalue weighted by Gasteiger charge is 2.16. The topological polar surface area (TPSA) is 95.1 Å². The van der Waals surface area contributed by atoms with Crippen LogP contribution in [0.5, 0.6) is 0 Å². The van der Waals surface area contributed by atoms with Crippen molar-refractivity contribution in [2.75, 3.05) is 13.1 Å². The zero-order valence-electron chi connectivity index (χ0n) is 8.75. The number of rotatable bonds is 2. The number of nitrogens with one attached hydrogen (secondary N) is 2. The van der Waals surface area contributed by atoms with E-state index in [9.17, 15) is 9.59 Å². The van der Waals surface area contributed by atoms with Crippen molar-refractivity contribution >= 4 is 5.97 Å². The van der Waals surface area contributed by atoms with Gasteiger partial charge in [-0.05, 0) is 18.5 Å². The first-order chi connectivity index (χ1) is 7.66. The molecule has 0 atom stereocenters. The molecule has 1 aromatic heterocycles. The van der Waals surface area contributed by atoms with Gasteiger partial charge in [0.15, 0.2) is 0 Å². The maximum absolute atomic E-state index is 11.3. The first kappa shape index (κ1) is 10.8. The van der Waals surface area contributed by atoms with Crippen LogP contribution in [-0.2, 0) is 24.1 Å². The summed E-state index contributed by atoms with van der Waals surface area (Å²) in [6.45, 7) is 1.58. The summed E-state index contributed by atoms with van der Waals surface area (Å²) in [6.07, 6.45) is 1.23. The zero-order valence-corrected chi connectivity index (χ0v) is 8.75. The van der Waals surface area contributed by atoms with Crippen LogP contribution in [0.1, 0.15) is 17.0 Å². The molecule has 2 rings (SSSR count). The quantitative estimate of drug-likeness (QED) is 0.603. The van der Waals surface area contributed by atoms with E-state index in [1.54, 1.807) is 0 Å². The second-order valence-electron chi connectivity index (χ2n) is 3.77. The van der Waals surface area contributed by atoms with Crippen molar-refractivity contribution in [2.24, 2.45) is 0 Å². The third-order valence-electron chi connectivity index (χ3n) is 2.63. The van der Waals surface area contributed by atoms with E-state index in [4.69, 9.17) is 5.11 Å². The maximum atomic E-state index is 11.3. The number of aromatic nitrogens is 2. The van der Waals surface area contributed by atoms with Gasteiger partial charge in [-0.2, -0.15) is 4.98 Å². The number of carbonyl (C=O) groups is 1. The average molecular weight is 223 g/mol. The zero-order chi connectivity index (χ0) is 11.5. The Kier molecular flexibility index (Phi) is 3.00. The van der Waals surface area contributed by atoms with Crippen molar-refractivity contribution < 1.29 is 9.90 Å². The lowest BCUT2D eigenvalue weighted by atomic mass is 10.1. The highest BCUT2D eigenvalue weighted by atomic mass is 16.4. The van der Waals surface area contributed by atoms with E-state index in [2.05, 4.69) is 15.3 Å². The van der Waals surface area contributed by atoms with E-state index < -0.39 is 11.7 Å². The summed E-state index contributed by atoms with van der Waals surface area (Å²) in [5.74, 6) is -0.961. The molecule has 6 heteroatoms. The Labute approximate surface area is 91.7 Å². The third-order valence-corrected chi connectivity index (χ3v) is 2.63. The van der Waals surface area contributed by atoms with Crippen molar-refractivity contribution in [1.29, 1.82) is 0 Å². The van der Waals surface area contributed by atoms with Crippen LogP contribution >= 0.6 is 0 Å². The fourth-order valence-electron chi connectivity index (χ4n) is 1.95. The molecule has 0 fully saturated rings. The summed E-state index contributed by atoms with van der Waals surface area (Å²) in [4.78, 5) is 28.4. The Morgan fingerprint density at radius 3 is 2.88 bits per heavy atom. The first-order valence-corrected chi connectivity index (χ1v) is 5.20. The number of aliphatic carboxylic acids is 1. The van der Waals surface area contributed by atoms with Gasteiger partial charge in [-0.3, -0.25) is 4.79 Å². The largest absolute Gasteiger partial charge is 0.481 e. The Bertz CT molecular complexity index is 467. The highest BCUT2D eigenvalue weighted by Crippen LogP contribution is 2.12. The molecule has 0 amide bonds. The Balaban J connectivity index is 2.46. The lowest BCUT2D eigenvalue weighted by molar-refractivity contribution is -0.136. The molecular weight excluding hydrogens is 210 g/mol. The van der Waals surface area contributed by atoms with Crippen LogP contribution in [0.4, 0.5) is 0 Å². The molecule has 1 aromatic rings. The summed E-state index contributed by atoms with van der Waals surface area (Å²) < 4.78 is 0. The maximum Gasteiger partial charge on any atom is 0.345 e. The standard InChI is InChI=1S/C10H13N3O3/c14-9(15)5-8-6-1-3-11-4-2-7(6)12-10(16)13-8/h11H,1-5H2,(H,14,15)(H,12,13,16). The monoisotopic (exact) mass is 223 g/mol. The van der Waals surface area contributed by atoms with Crippen molar-refractivity contribution in [1.82, 2.24) is 15.3 Å². The lowest BCUT2D eigenvalue weighted by Crippen LogP contribution is -2.21. The Morgan fingerprint density at radius 2 is 2.12 bits per heavy atom. The fourth-order valence-corrected chi connectivity index (χ4v) is 1.95. The molecular formula is C10H13N3O3. The molecule has 2 heterocycles. The molecule has 0 spiro atoms. The van der Waals surface area contributed by atoms with Gasteiger partial charge in [0, 0.05) is 18.7 Å². The molecule has 1 aliphatic rings. The smallest absolute Gasteiger partial charge is 0.345 e. The van der Waals surface area contributed by atoms with Gasteiger partial charge in [-0.25, -0.2) is 4.79 Å². The summed E-state index contributed by atoms with van der Waals surface area (Å²) in [6, 6.07) is 0. The van der Waals surface area contributed by atoms with E-state index >= 15 is 0 Å². The molecule has 0 aliphatic carbocycles. The van der Waals surface area contributed by atoms with Gasteiger partial charge in [0.05, 0.1) is 12.1 Å². The minimum atomic E-state index is -0.961. The van der Waals surface area contributed by atoms with Crippen LogP contribution in [0.25, 0.3) is 0 Å². The van der Waals surface area contributed by atoms with Gasteiger partial charge < -0.3 is 15.4 Å². The van der Waals surface area contributed by atoms with Crippen molar-refractivity contribution in [3.8, 4) is 0 Å². The van der Waals surface area contributed by atoms with Crippen LogP contribution in [0.15, 0.2) is 4.79 Å². The van der Waals surface area contributed by atoms with Crippen LogP contribution in [0, 0.1) is 0 Å². The van der Waals surface area contributed by atoms with Crippen molar-refractivity contribution in [3.63, 3.8) is 0 Å². The predicted octanol–water partition coefficient (Wildman–Crippen LogP) is -0.915. The molecule has 0 aromatic carbocycles. The molecule has 16 heavy (non-hydrogen) atoms. The van der Waals surface area contributed by atoms with E-state index in [0.717, 1.165) is 24.3 Å². The van der Waals surface area contributed by atoms with Gasteiger partial charge in [0.25, 0.3) is 0 Å². The second kappa shape index (κ2) is 4.44. The number of carboxylic acid groups (broad SMARTS) is 1. The van der Waals surface area contributed by atoms with Gasteiger partial charge >= 0.3 is 11.7 Å². The van der Waals surface area contributed by atoms with E-state index in [0.29, 0.717) is 18.5 Å². The fraction of sp³-hybridized carbons (Fsp3) is 0.500. The molecule has 6 nitrogen and oxygen atoms in total. The molecule has 1 aliphatic heterocycles. The number of H-pyrrole nitrogens is 1. The first-order valence-electron chi connectivity index (χ1n) is 5.20. The van der Waals surface area contributed by atoms with E-state index in [1.807, 2.05) is 0 Å². The average Bonchev–Trinajstić information content (AvgIpc) is 2.41. The normalized spacial score (nSPS) is 15.2. The van der Waals surface area contributed by atoms with Gasteiger partial charge in [-0.1, -0.05) is 0 Å². The lowest BCUT2D eigenvalue weighted by Gasteiger charge is -2.08. The molecule has 0 bridgehead atoms. The van der Waals surface area contributed by atoms with Crippen LogP contribution in [0.3, 0.4) is 0 Å². The van der Waals surface area contributed by atoms with Gasteiger partial charge in [-0.15, -0.1) is 0 Å². The minimum Gasteiger partial charge on any atom is -0.481 e. The van der Waals surface area contributed by atoms with Gasteiger partial charge in [0.1, 0.15) is 0 Å². The molecule has 86 valence electrons. The minimum absolute atomic E-state index is 0.188. The molecule has 0 unspecified atom stereocenters. The second-order valence-corrected chi connectivity index (χ2v) is 3.77. The van der Waals surface area contributed by atoms with Gasteiger partial charge in [0.2, 0.25) is 0 Å². The Hall–Kier alpha value is -1.69. The number of aromatic amines is 1. The summed E-state index contributed by atoms with van der Waals surface area (Å²) >= 11 is 0. The van der Waals surface area contributed by atoms with Crippen LogP contribution in [-0.4, -0.2) is 34.1 Å². The van der Waals surface area contributed by atoms with Crippen molar-refractivity contribution in [2.45, 2.75) is 19.3 Å². The summed E-state index contributed by atoms with van der Waals surface area (Å²) in [5.41, 5.74) is 1.64. The molecule has 0 saturated heterocycles. The van der Waals surface area contributed by atoms with Crippen LogP contribution < -0.4 is 11.0 Å². The number of carboxylic acids is 1. The molecule has 3 N–H and O–H groups in total. The van der Waals surface area contributed by atoms with Crippen molar-refractivity contribution in [3.05, 3.63) is 27.4 Å². The highest BCUT2D eigenvalue weighted by molar-refractivity contribution is 5.70. The summed E-state index contributed by atoms with van der Waals surface area (Å²) in [5, 5.41) is 12.0. The number of hydrogen-bond donors (Lipinski definition) is 3. The molecule has 0 radical (unpaired) electrons. The predicted molar refractivity (Wildman–Crippen MR) is 56.5 cm³/mol. The summed E-state index contributed by atoms with van der Waals surface area (Å²) in [7, 11) is 0. The Morgan fingerprint density at radius 1 is 1.38 bits per heavy atom. The number of nitrogens with zero attached hydrogens (tertiary/aromatic N) is 1. The van der Waals surface area contributed by atoms with Crippen LogP contribution in [0.2, 0.25) is 0 Å². The molecule has 0 saturated carbocycles.